The number of esters is 1. The fraction of sp³-hybridized carbons (Fsp3) is 0.512. The Bertz CT molecular complexity index is 1950. The van der Waals surface area contributed by atoms with E-state index in [1.165, 1.54) is 53.2 Å². The van der Waals surface area contributed by atoms with Gasteiger partial charge in [0.1, 0.15) is 30.0 Å². The van der Waals surface area contributed by atoms with Crippen molar-refractivity contribution in [2.24, 2.45) is 28.8 Å². The molecule has 3 aliphatic heterocycles. The summed E-state index contributed by atoms with van der Waals surface area (Å²) < 4.78 is 23.4. The highest BCUT2D eigenvalue weighted by Crippen LogP contribution is 2.55. The number of hydrogen-bond acceptors (Lipinski definition) is 14. The lowest BCUT2D eigenvalue weighted by Crippen LogP contribution is -2.46. The number of aromatic hydroxyl groups is 3. The number of phenols is 3. The molecule has 9 atom stereocenters. The third-order valence-corrected chi connectivity index (χ3v) is 10.6. The highest BCUT2D eigenvalue weighted by Gasteiger charge is 2.50. The van der Waals surface area contributed by atoms with E-state index in [2.05, 4.69) is 10.5 Å². The van der Waals surface area contributed by atoms with E-state index in [9.17, 15) is 39.9 Å². The maximum Gasteiger partial charge on any atom is 0.312 e. The molecule has 0 saturated carbocycles. The second-order valence-electron chi connectivity index (χ2n) is 14.7. The minimum Gasteiger partial charge on any atom is -0.507 e. The summed E-state index contributed by atoms with van der Waals surface area (Å²) >= 11 is 0. The number of ether oxygens (including phenoxy) is 4. The fourth-order valence-electron chi connectivity index (χ4n) is 7.11. The summed E-state index contributed by atoms with van der Waals surface area (Å²) in [4.78, 5) is 45.4. The number of anilines is 1. The molecule has 56 heavy (non-hydrogen) atoms. The van der Waals surface area contributed by atoms with Gasteiger partial charge in [-0.1, -0.05) is 58.0 Å². The number of allylic oxidation sites excluding steroid dienone is 2. The minimum absolute atomic E-state index is 0.0363. The zero-order valence-corrected chi connectivity index (χ0v) is 33.4. The summed E-state index contributed by atoms with van der Waals surface area (Å²) in [5.41, 5.74) is -0.591. The molecule has 3 aliphatic rings. The molecule has 0 unspecified atom stereocenters. The number of carbonyl (C=O) groups excluding carboxylic acids is 3. The molecule has 2 aromatic rings. The first-order valence-electron chi connectivity index (χ1n) is 18.6. The van der Waals surface area contributed by atoms with Gasteiger partial charge in [0, 0.05) is 61.2 Å². The number of carbonyl (C=O) groups is 3. The van der Waals surface area contributed by atoms with Gasteiger partial charge in [0.25, 0.3) is 11.7 Å². The smallest absolute Gasteiger partial charge is 0.312 e. The van der Waals surface area contributed by atoms with E-state index in [1.807, 2.05) is 6.92 Å². The van der Waals surface area contributed by atoms with E-state index in [-0.39, 0.29) is 51.1 Å². The van der Waals surface area contributed by atoms with Crippen LogP contribution >= 0.6 is 0 Å². The van der Waals surface area contributed by atoms with Crippen molar-refractivity contribution in [2.75, 3.05) is 19.0 Å². The van der Waals surface area contributed by atoms with Crippen LogP contribution < -0.4 is 10.1 Å². The van der Waals surface area contributed by atoms with Crippen LogP contribution in [0.5, 0.6) is 23.0 Å². The standard InChI is InChI=1S/C41H54N2O13/c1-11-16-54-42-18-26-31-36(49)29-28(35(26)48)30-38(24(7)34(29)47)56-41(9,39(30)50)53-17-15-27(52-10)21(4)37(55-25(8)44)23(6)33(46)22(5)32(45)19(2)13-12-14-20(3)40(51)43-31/h12-15,17-19,21-23,27,32-33,37,45-49H,11,16H2,1-10H3,(H,43,51)/b13-12+,17-15+,20-14-,42-18+/t19-,21-,22-,23-,27+,32+,33-,37-,41+/m1/s1. The monoisotopic (exact) mass is 782 g/mol. The number of ketones is 1. The molecule has 306 valence electrons. The van der Waals surface area contributed by atoms with Crippen molar-refractivity contribution < 1.29 is 63.7 Å². The van der Waals surface area contributed by atoms with Crippen LogP contribution in [-0.4, -0.2) is 93.3 Å². The summed E-state index contributed by atoms with van der Waals surface area (Å²) in [6.07, 6.45) is 5.13. The van der Waals surface area contributed by atoms with Crippen molar-refractivity contribution in [3.05, 3.63) is 52.8 Å². The molecule has 3 heterocycles. The van der Waals surface area contributed by atoms with Crippen LogP contribution in [-0.2, 0) is 28.6 Å². The number of hydrogen-bond donors (Lipinski definition) is 6. The quantitative estimate of drug-likeness (QED) is 0.0532. The van der Waals surface area contributed by atoms with Gasteiger partial charge >= 0.3 is 11.8 Å². The topological polar surface area (TPSA) is 223 Å². The average Bonchev–Trinajstić information content (AvgIpc) is 3.42. The van der Waals surface area contributed by atoms with Gasteiger partial charge in [0.05, 0.1) is 53.0 Å². The average molecular weight is 783 g/mol. The van der Waals surface area contributed by atoms with Gasteiger partial charge in [-0.15, -0.1) is 0 Å². The van der Waals surface area contributed by atoms with Gasteiger partial charge < -0.3 is 54.6 Å². The summed E-state index contributed by atoms with van der Waals surface area (Å²) in [7, 11) is 1.43. The Morgan fingerprint density at radius 3 is 2.29 bits per heavy atom. The van der Waals surface area contributed by atoms with Gasteiger partial charge in [0.2, 0.25) is 0 Å². The molecule has 1 amide bonds. The molecule has 0 fully saturated rings. The summed E-state index contributed by atoms with van der Waals surface area (Å²) in [5.74, 6) is -8.59. The third kappa shape index (κ3) is 8.49. The lowest BCUT2D eigenvalue weighted by Gasteiger charge is -2.38. The first-order valence-corrected chi connectivity index (χ1v) is 18.6. The summed E-state index contributed by atoms with van der Waals surface area (Å²) in [6, 6.07) is 0. The Balaban J connectivity index is 1.97. The van der Waals surface area contributed by atoms with Crippen molar-refractivity contribution in [1.82, 2.24) is 0 Å². The maximum atomic E-state index is 14.3. The Morgan fingerprint density at radius 2 is 1.66 bits per heavy atom. The van der Waals surface area contributed by atoms with Crippen molar-refractivity contribution in [3.8, 4) is 23.0 Å². The first kappa shape index (κ1) is 43.6. The van der Waals surface area contributed by atoms with Crippen molar-refractivity contribution >= 4 is 40.3 Å². The lowest BCUT2D eigenvalue weighted by molar-refractivity contribution is -0.160. The van der Waals surface area contributed by atoms with Gasteiger partial charge in [0.15, 0.2) is 5.75 Å². The van der Waals surface area contributed by atoms with Crippen LogP contribution in [0.25, 0.3) is 10.8 Å². The van der Waals surface area contributed by atoms with Crippen LogP contribution in [0.3, 0.4) is 0 Å². The third-order valence-electron chi connectivity index (χ3n) is 10.6. The van der Waals surface area contributed by atoms with Gasteiger partial charge in [-0.3, -0.25) is 14.4 Å². The van der Waals surface area contributed by atoms with Crippen LogP contribution in [0.1, 0.15) is 83.3 Å². The molecule has 6 N–H and O–H groups in total. The first-order chi connectivity index (χ1) is 26.3. The number of Topliss-reactive ketones (excluding diaryl/α,β-unsaturated/α-hetero) is 1. The molecule has 0 aromatic heterocycles. The molecule has 0 radical (unpaired) electrons. The van der Waals surface area contributed by atoms with Crippen LogP contribution in [0.15, 0.2) is 41.3 Å². The maximum absolute atomic E-state index is 14.3. The number of amides is 1. The normalized spacial score (nSPS) is 31.0. The number of nitrogens with zero attached hydrogens (tertiary/aromatic N) is 1. The molecule has 15 nitrogen and oxygen atoms in total. The van der Waals surface area contributed by atoms with Crippen molar-refractivity contribution in [1.29, 1.82) is 0 Å². The fourth-order valence-corrected chi connectivity index (χ4v) is 7.11. The Hall–Kier alpha value is -5.12. The zero-order valence-electron chi connectivity index (χ0n) is 33.4. The number of rotatable bonds is 6. The molecule has 0 aliphatic carbocycles. The second kappa shape index (κ2) is 17.8. The van der Waals surface area contributed by atoms with Crippen LogP contribution in [0.4, 0.5) is 5.69 Å². The van der Waals surface area contributed by atoms with E-state index < -0.39 is 88.8 Å². The number of oxime groups is 1. The largest absolute Gasteiger partial charge is 0.507 e. The lowest BCUT2D eigenvalue weighted by atomic mass is 9.78. The molecule has 0 spiro atoms. The summed E-state index contributed by atoms with van der Waals surface area (Å²) in [6.45, 7) is 14.5. The molecule has 15 heteroatoms. The minimum atomic E-state index is -2.05. The molecular formula is C41H54N2O13. The molecule has 2 aromatic carbocycles. The Kier molecular flexibility index (Phi) is 13.8. The van der Waals surface area contributed by atoms with Crippen LogP contribution in [0, 0.1) is 30.6 Å². The second-order valence-corrected chi connectivity index (χ2v) is 14.7. The number of aliphatic hydroxyl groups excluding tert-OH is 2. The predicted octanol–water partition coefficient (Wildman–Crippen LogP) is 5.51. The zero-order chi connectivity index (χ0) is 41.8. The van der Waals surface area contributed by atoms with E-state index >= 15 is 0 Å². The van der Waals surface area contributed by atoms with Gasteiger partial charge in [-0.05, 0) is 26.3 Å². The highest BCUT2D eigenvalue weighted by atomic mass is 16.7. The molecule has 5 rings (SSSR count). The molecular weight excluding hydrogens is 728 g/mol. The van der Waals surface area contributed by atoms with Gasteiger partial charge in [-0.25, -0.2) is 0 Å². The van der Waals surface area contributed by atoms with Gasteiger partial charge in [-0.2, -0.15) is 0 Å². The predicted molar refractivity (Wildman–Crippen MR) is 208 cm³/mol. The SMILES string of the molecule is CCCO/N=C/c1c2c(O)c3c(O)c(C)c4c(c3c1O)C(=O)[C@@](C)(O/C=C/[C@H](OC)[C@@H](C)[C@@H](OC(C)=O)[C@H](C)[C@H](O)[C@H](C)[C@@H](O)[C@H](C)/C=C/C=C(/C)C(=O)N2)O4. The van der Waals surface area contributed by atoms with E-state index in [1.54, 1.807) is 39.8 Å². The number of benzene rings is 2. The van der Waals surface area contributed by atoms with Crippen molar-refractivity contribution in [3.63, 3.8) is 0 Å². The number of phenolic OH excluding ortho intramolecular Hbond substituents is 3. The molecule has 0 saturated heterocycles. The Morgan fingerprint density at radius 1 is 0.982 bits per heavy atom. The van der Waals surface area contributed by atoms with E-state index in [4.69, 9.17) is 23.8 Å². The van der Waals surface area contributed by atoms with Crippen LogP contribution in [0.2, 0.25) is 0 Å². The number of fused-ring (bicyclic) bond motifs is 14. The summed E-state index contributed by atoms with van der Waals surface area (Å²) in [5, 5.41) is 63.6. The number of nitrogens with one attached hydrogen (secondary N) is 1. The number of methoxy groups -OCH3 is 1. The van der Waals surface area contributed by atoms with Crippen molar-refractivity contribution in [2.45, 2.75) is 98.9 Å². The Labute approximate surface area is 326 Å². The molecule has 5 bridgehead atoms. The van der Waals surface area contributed by atoms with E-state index in [0.717, 1.165) is 6.21 Å². The van der Waals surface area contributed by atoms with E-state index in [0.29, 0.717) is 6.42 Å². The highest BCUT2D eigenvalue weighted by molar-refractivity contribution is 6.23. The number of aliphatic hydroxyl groups is 2.